The maximum Gasteiger partial charge on any atom is 0.195 e. The predicted octanol–water partition coefficient (Wildman–Crippen LogP) is 3.37. The van der Waals surface area contributed by atoms with E-state index >= 15 is 0 Å². The number of rotatable bonds is 5. The summed E-state index contributed by atoms with van der Waals surface area (Å²) in [5, 5.41) is 2.05. The minimum Gasteiger partial charge on any atom is -0.355 e. The molecule has 5 heteroatoms. The lowest BCUT2D eigenvalue weighted by Gasteiger charge is -2.21. The van der Waals surface area contributed by atoms with Crippen LogP contribution in [0.1, 0.15) is 25.5 Å². The number of halogens is 1. The topological polar surface area (TPSA) is 20.5 Å². The van der Waals surface area contributed by atoms with Crippen molar-refractivity contribution in [1.82, 2.24) is 9.38 Å². The summed E-state index contributed by atoms with van der Waals surface area (Å²) < 4.78 is 2.11. The van der Waals surface area contributed by atoms with Gasteiger partial charge in [-0.3, -0.25) is 4.40 Å². The molecule has 0 spiro atoms. The van der Waals surface area contributed by atoms with Crippen molar-refractivity contribution in [1.29, 1.82) is 0 Å². The van der Waals surface area contributed by atoms with E-state index in [1.807, 2.05) is 0 Å². The molecule has 0 amide bonds. The quantitative estimate of drug-likeness (QED) is 0.776. The van der Waals surface area contributed by atoms with Crippen LogP contribution in [-0.2, 0) is 5.88 Å². The van der Waals surface area contributed by atoms with Crippen molar-refractivity contribution in [3.8, 4) is 0 Å². The molecule has 0 bridgehead atoms. The van der Waals surface area contributed by atoms with Crippen LogP contribution in [0, 0.1) is 5.92 Å². The molecule has 17 heavy (non-hydrogen) atoms. The summed E-state index contributed by atoms with van der Waals surface area (Å²) in [4.78, 5) is 8.13. The first-order valence-electron chi connectivity index (χ1n) is 6.08. The zero-order chi connectivity index (χ0) is 11.8. The van der Waals surface area contributed by atoms with Crippen molar-refractivity contribution in [3.63, 3.8) is 0 Å². The van der Waals surface area contributed by atoms with E-state index in [0.29, 0.717) is 5.88 Å². The summed E-state index contributed by atoms with van der Waals surface area (Å²) in [6.07, 6.45) is 4.79. The zero-order valence-electron chi connectivity index (χ0n) is 9.90. The number of fused-ring (bicyclic) bond motifs is 1. The first-order valence-corrected chi connectivity index (χ1v) is 7.50. The molecule has 2 aromatic heterocycles. The molecule has 3 nitrogen and oxygen atoms in total. The number of anilines is 1. The van der Waals surface area contributed by atoms with Crippen LogP contribution in [0.15, 0.2) is 11.6 Å². The van der Waals surface area contributed by atoms with Gasteiger partial charge in [0.05, 0.1) is 11.6 Å². The highest BCUT2D eigenvalue weighted by Crippen LogP contribution is 2.33. The molecule has 1 aliphatic rings. The van der Waals surface area contributed by atoms with Crippen molar-refractivity contribution in [3.05, 3.63) is 17.3 Å². The second kappa shape index (κ2) is 4.50. The van der Waals surface area contributed by atoms with Crippen molar-refractivity contribution in [2.75, 3.05) is 18.0 Å². The smallest absolute Gasteiger partial charge is 0.195 e. The minimum absolute atomic E-state index is 0.522. The number of imidazole rings is 1. The van der Waals surface area contributed by atoms with Gasteiger partial charge in [0.1, 0.15) is 0 Å². The third-order valence-electron chi connectivity index (χ3n) is 3.32. The average Bonchev–Trinajstić information content (AvgIpc) is 2.92. The van der Waals surface area contributed by atoms with Crippen molar-refractivity contribution in [2.45, 2.75) is 25.6 Å². The zero-order valence-corrected chi connectivity index (χ0v) is 11.5. The third kappa shape index (κ3) is 2.04. The number of nitrogens with zero attached hydrogens (tertiary/aromatic N) is 3. The van der Waals surface area contributed by atoms with Crippen LogP contribution < -0.4 is 4.90 Å². The molecule has 1 aliphatic carbocycles. The summed E-state index contributed by atoms with van der Waals surface area (Å²) in [6.45, 7) is 4.32. The Kier molecular flexibility index (Phi) is 3.01. The van der Waals surface area contributed by atoms with Gasteiger partial charge < -0.3 is 4.90 Å². The van der Waals surface area contributed by atoms with Gasteiger partial charge >= 0.3 is 0 Å². The molecular formula is C12H16ClN3S. The largest absolute Gasteiger partial charge is 0.355 e. The van der Waals surface area contributed by atoms with Crippen LogP contribution >= 0.6 is 22.9 Å². The number of alkyl halides is 1. The molecule has 0 radical (unpaired) electrons. The molecule has 0 aliphatic heterocycles. The number of hydrogen-bond donors (Lipinski definition) is 0. The molecular weight excluding hydrogens is 254 g/mol. The van der Waals surface area contributed by atoms with Gasteiger partial charge in [0, 0.05) is 24.7 Å². The summed E-state index contributed by atoms with van der Waals surface area (Å²) in [7, 11) is 0. The van der Waals surface area contributed by atoms with Gasteiger partial charge in [0.25, 0.3) is 0 Å². The third-order valence-corrected chi connectivity index (χ3v) is 4.33. The van der Waals surface area contributed by atoms with Crippen molar-refractivity contribution >= 4 is 33.7 Å². The highest BCUT2D eigenvalue weighted by molar-refractivity contribution is 7.15. The van der Waals surface area contributed by atoms with Crippen LogP contribution in [0.25, 0.3) is 4.96 Å². The minimum atomic E-state index is 0.522. The van der Waals surface area contributed by atoms with Gasteiger partial charge in [0.15, 0.2) is 10.8 Å². The molecule has 0 saturated heterocycles. The van der Waals surface area contributed by atoms with E-state index in [0.717, 1.165) is 35.5 Å². The van der Waals surface area contributed by atoms with E-state index in [1.165, 1.54) is 12.8 Å². The highest BCUT2D eigenvalue weighted by Gasteiger charge is 2.26. The highest BCUT2D eigenvalue weighted by atomic mass is 35.5. The van der Waals surface area contributed by atoms with Crippen molar-refractivity contribution < 1.29 is 0 Å². The maximum atomic E-state index is 6.08. The second-order valence-corrected chi connectivity index (χ2v) is 5.69. The summed E-state index contributed by atoms with van der Waals surface area (Å²) in [5.74, 6) is 2.48. The van der Waals surface area contributed by atoms with E-state index in [9.17, 15) is 0 Å². The van der Waals surface area contributed by atoms with Gasteiger partial charge in [-0.15, -0.1) is 22.9 Å². The molecule has 2 aromatic rings. The Morgan fingerprint density at radius 1 is 1.59 bits per heavy atom. The number of hydrogen-bond acceptors (Lipinski definition) is 3. The molecule has 0 N–H and O–H groups in total. The van der Waals surface area contributed by atoms with Crippen LogP contribution in [0.5, 0.6) is 0 Å². The van der Waals surface area contributed by atoms with E-state index in [-0.39, 0.29) is 0 Å². The molecule has 92 valence electrons. The van der Waals surface area contributed by atoms with E-state index < -0.39 is 0 Å². The standard InChI is InChI=1S/C12H16ClN3S/c1-2-15(8-9-3-4-9)11-10(7-13)16-5-6-17-12(16)14-11/h5-6,9H,2-4,7-8H2,1H3. The second-order valence-electron chi connectivity index (χ2n) is 4.55. The molecule has 1 saturated carbocycles. The Bertz CT molecular complexity index is 515. The van der Waals surface area contributed by atoms with E-state index in [4.69, 9.17) is 16.6 Å². The fourth-order valence-corrected chi connectivity index (χ4v) is 3.15. The van der Waals surface area contributed by atoms with Crippen LogP contribution in [-0.4, -0.2) is 22.5 Å². The monoisotopic (exact) mass is 269 g/mol. The van der Waals surface area contributed by atoms with Crippen LogP contribution in [0.3, 0.4) is 0 Å². The van der Waals surface area contributed by atoms with E-state index in [2.05, 4.69) is 27.8 Å². The van der Waals surface area contributed by atoms with E-state index in [1.54, 1.807) is 11.3 Å². The summed E-state index contributed by atoms with van der Waals surface area (Å²) >= 11 is 7.75. The summed E-state index contributed by atoms with van der Waals surface area (Å²) in [6, 6.07) is 0. The molecule has 1 fully saturated rings. The Balaban J connectivity index is 1.97. The lowest BCUT2D eigenvalue weighted by atomic mass is 10.3. The Hall–Kier alpha value is -0.740. The van der Waals surface area contributed by atoms with Gasteiger partial charge in [-0.1, -0.05) is 0 Å². The molecule has 3 rings (SSSR count). The molecule has 0 unspecified atom stereocenters. The fraction of sp³-hybridized carbons (Fsp3) is 0.583. The number of aromatic nitrogens is 2. The van der Waals surface area contributed by atoms with Gasteiger partial charge in [0.2, 0.25) is 0 Å². The molecule has 0 aromatic carbocycles. The SMILES string of the molecule is CCN(CC1CC1)c1nc2sccn2c1CCl. The predicted molar refractivity (Wildman–Crippen MR) is 73.2 cm³/mol. The maximum absolute atomic E-state index is 6.08. The average molecular weight is 270 g/mol. The lowest BCUT2D eigenvalue weighted by molar-refractivity contribution is 0.731. The lowest BCUT2D eigenvalue weighted by Crippen LogP contribution is -2.26. The van der Waals surface area contributed by atoms with Gasteiger partial charge in [-0.05, 0) is 25.7 Å². The Labute approximate surface area is 110 Å². The van der Waals surface area contributed by atoms with Gasteiger partial charge in [-0.25, -0.2) is 4.98 Å². The van der Waals surface area contributed by atoms with Crippen LogP contribution in [0.4, 0.5) is 5.82 Å². The Morgan fingerprint density at radius 2 is 2.41 bits per heavy atom. The normalized spacial score (nSPS) is 15.6. The molecule has 0 atom stereocenters. The number of thiazole rings is 1. The van der Waals surface area contributed by atoms with Gasteiger partial charge in [-0.2, -0.15) is 0 Å². The van der Waals surface area contributed by atoms with Crippen molar-refractivity contribution in [2.24, 2.45) is 5.92 Å². The fourth-order valence-electron chi connectivity index (χ4n) is 2.18. The summed E-state index contributed by atoms with van der Waals surface area (Å²) in [5.41, 5.74) is 1.13. The molecule has 2 heterocycles. The first kappa shape index (κ1) is 11.4. The Morgan fingerprint density at radius 3 is 3.06 bits per heavy atom. The van der Waals surface area contributed by atoms with Crippen LogP contribution in [0.2, 0.25) is 0 Å². The first-order chi connectivity index (χ1) is 8.33.